The van der Waals surface area contributed by atoms with Crippen molar-refractivity contribution >= 4 is 0 Å². The fourth-order valence-electron chi connectivity index (χ4n) is 2.68. The van der Waals surface area contributed by atoms with Crippen molar-refractivity contribution in [2.45, 2.75) is 25.7 Å². The number of fused-ring (bicyclic) bond motifs is 3. The molecule has 0 N–H and O–H groups in total. The largest absolute Gasteiger partial charge is 0.0499 e. The minimum Gasteiger partial charge on any atom is -0.0499 e. The summed E-state index contributed by atoms with van der Waals surface area (Å²) in [5.74, 6) is 4.93. The zero-order chi connectivity index (χ0) is 5.14. The molecule has 0 radical (unpaired) electrons. The lowest BCUT2D eigenvalue weighted by Gasteiger charge is -2.04. The van der Waals surface area contributed by atoms with Gasteiger partial charge in [0.05, 0.1) is 0 Å². The van der Waals surface area contributed by atoms with E-state index in [-0.39, 0.29) is 0 Å². The van der Waals surface area contributed by atoms with Gasteiger partial charge in [-0.05, 0) is 49.4 Å². The van der Waals surface area contributed by atoms with E-state index in [2.05, 4.69) is 0 Å². The van der Waals surface area contributed by atoms with Gasteiger partial charge in [-0.15, -0.1) is 0 Å². The summed E-state index contributed by atoms with van der Waals surface area (Å²) in [5, 5.41) is 0. The first-order valence-corrected chi connectivity index (χ1v) is 3.95. The first-order valence-electron chi connectivity index (χ1n) is 3.95. The Kier molecular flexibility index (Phi) is 0.482. The van der Waals surface area contributed by atoms with Gasteiger partial charge >= 0.3 is 0 Å². The lowest BCUT2D eigenvalue weighted by molar-refractivity contribution is 0.456. The molecule has 44 valence electrons. The highest BCUT2D eigenvalue weighted by atomic mass is 14.6. The highest BCUT2D eigenvalue weighted by Crippen LogP contribution is 2.65. The third-order valence-electron chi connectivity index (χ3n) is 3.41. The Morgan fingerprint density at radius 3 is 1.75 bits per heavy atom. The Hall–Kier alpha value is 0. The van der Waals surface area contributed by atoms with Crippen LogP contribution in [0.15, 0.2) is 0 Å². The molecule has 0 aliphatic heterocycles. The Bertz CT molecular complexity index is 112. The van der Waals surface area contributed by atoms with E-state index < -0.39 is 0 Å². The predicted octanol–water partition coefficient (Wildman–Crippen LogP) is 2.05. The van der Waals surface area contributed by atoms with E-state index in [1.807, 2.05) is 0 Å². The van der Waals surface area contributed by atoms with E-state index in [0.717, 1.165) is 0 Å². The molecule has 0 heterocycles. The standard InChI is InChI=1S/C8H12/c1-2-6-4-8(6)7-3-5(1)7/h5-8H,1-4H2/t5-,6?,7?,8?/m1/s1. The van der Waals surface area contributed by atoms with Gasteiger partial charge in [0.2, 0.25) is 0 Å². The molecular formula is C8H12. The summed E-state index contributed by atoms with van der Waals surface area (Å²) in [6.07, 6.45) is 6.40. The van der Waals surface area contributed by atoms with Gasteiger partial charge in [-0.2, -0.15) is 0 Å². The molecular weight excluding hydrogens is 96.1 g/mol. The Balaban J connectivity index is 1.89. The second-order valence-corrected chi connectivity index (χ2v) is 3.90. The minimum absolute atomic E-state index is 1.22. The smallest absolute Gasteiger partial charge is 0.0352 e. The maximum Gasteiger partial charge on any atom is -0.0352 e. The highest BCUT2D eigenvalue weighted by Gasteiger charge is 2.56. The second-order valence-electron chi connectivity index (χ2n) is 3.90. The molecule has 0 spiro atoms. The summed E-state index contributed by atoms with van der Waals surface area (Å²) in [6.45, 7) is 0. The molecule has 3 saturated carbocycles. The molecule has 0 aromatic heterocycles. The van der Waals surface area contributed by atoms with Crippen molar-refractivity contribution < 1.29 is 0 Å². The van der Waals surface area contributed by atoms with Crippen molar-refractivity contribution in [1.29, 1.82) is 0 Å². The SMILES string of the molecule is C1C[C@@H]2CC2C2CC12. The van der Waals surface area contributed by atoms with Crippen LogP contribution in [0.2, 0.25) is 0 Å². The van der Waals surface area contributed by atoms with Crippen LogP contribution in [0.4, 0.5) is 0 Å². The van der Waals surface area contributed by atoms with Crippen molar-refractivity contribution in [2.75, 3.05) is 0 Å². The van der Waals surface area contributed by atoms with Crippen molar-refractivity contribution in [3.63, 3.8) is 0 Å². The molecule has 0 nitrogen and oxygen atoms in total. The van der Waals surface area contributed by atoms with Gasteiger partial charge in [0.15, 0.2) is 0 Å². The van der Waals surface area contributed by atoms with Gasteiger partial charge in [-0.25, -0.2) is 0 Å². The van der Waals surface area contributed by atoms with Gasteiger partial charge in [-0.1, -0.05) is 0 Å². The van der Waals surface area contributed by atoms with Crippen LogP contribution >= 0.6 is 0 Å². The zero-order valence-corrected chi connectivity index (χ0v) is 5.14. The van der Waals surface area contributed by atoms with Crippen LogP contribution in [0.1, 0.15) is 25.7 Å². The summed E-state index contributed by atoms with van der Waals surface area (Å²) < 4.78 is 0. The molecule has 3 rings (SSSR count). The van der Waals surface area contributed by atoms with Crippen LogP contribution < -0.4 is 0 Å². The fraction of sp³-hybridized carbons (Fsp3) is 1.00. The van der Waals surface area contributed by atoms with E-state index >= 15 is 0 Å². The Labute approximate surface area is 50.3 Å². The highest BCUT2D eigenvalue weighted by molar-refractivity contribution is 5.06. The summed E-state index contributed by atoms with van der Waals surface area (Å²) in [7, 11) is 0. The van der Waals surface area contributed by atoms with Gasteiger partial charge in [0.1, 0.15) is 0 Å². The average molecular weight is 108 g/mol. The van der Waals surface area contributed by atoms with E-state index in [9.17, 15) is 0 Å². The third kappa shape index (κ3) is 0.340. The lowest BCUT2D eigenvalue weighted by Crippen LogP contribution is -1.96. The first-order chi connectivity index (χ1) is 3.95. The summed E-state index contributed by atoms with van der Waals surface area (Å²) in [6, 6.07) is 0. The van der Waals surface area contributed by atoms with E-state index in [4.69, 9.17) is 0 Å². The van der Waals surface area contributed by atoms with Crippen LogP contribution in [0.5, 0.6) is 0 Å². The first kappa shape index (κ1) is 3.92. The molecule has 0 saturated heterocycles. The van der Waals surface area contributed by atoms with Crippen molar-refractivity contribution in [3.05, 3.63) is 0 Å². The van der Waals surface area contributed by atoms with Crippen LogP contribution in [0.25, 0.3) is 0 Å². The van der Waals surface area contributed by atoms with Crippen molar-refractivity contribution in [3.8, 4) is 0 Å². The van der Waals surface area contributed by atoms with Gasteiger partial charge in [0.25, 0.3) is 0 Å². The molecule has 0 amide bonds. The molecule has 8 heavy (non-hydrogen) atoms. The molecule has 3 fully saturated rings. The quantitative estimate of drug-likeness (QED) is 0.445. The molecule has 0 bridgehead atoms. The van der Waals surface area contributed by atoms with E-state index in [1.54, 1.807) is 25.7 Å². The lowest BCUT2D eigenvalue weighted by atomic mass is 10.0. The minimum atomic E-state index is 1.22. The van der Waals surface area contributed by atoms with E-state index in [1.165, 1.54) is 23.7 Å². The number of hydrogen-bond donors (Lipinski definition) is 0. The van der Waals surface area contributed by atoms with Crippen LogP contribution in [-0.4, -0.2) is 0 Å². The van der Waals surface area contributed by atoms with Crippen LogP contribution in [0, 0.1) is 23.7 Å². The summed E-state index contributed by atoms with van der Waals surface area (Å²) >= 11 is 0. The Morgan fingerprint density at radius 1 is 0.750 bits per heavy atom. The van der Waals surface area contributed by atoms with Crippen molar-refractivity contribution in [1.82, 2.24) is 0 Å². The molecule has 3 unspecified atom stereocenters. The monoisotopic (exact) mass is 108 g/mol. The van der Waals surface area contributed by atoms with Gasteiger partial charge in [-0.3, -0.25) is 0 Å². The van der Waals surface area contributed by atoms with E-state index in [0.29, 0.717) is 0 Å². The van der Waals surface area contributed by atoms with Gasteiger partial charge in [0, 0.05) is 0 Å². The summed E-state index contributed by atoms with van der Waals surface area (Å²) in [4.78, 5) is 0. The maximum atomic E-state index is 1.61. The zero-order valence-electron chi connectivity index (χ0n) is 5.14. The van der Waals surface area contributed by atoms with Crippen molar-refractivity contribution in [2.24, 2.45) is 23.7 Å². The molecule has 0 aromatic carbocycles. The fourth-order valence-corrected chi connectivity index (χ4v) is 2.68. The normalized spacial score (nSPS) is 66.0. The maximum absolute atomic E-state index is 1.61. The van der Waals surface area contributed by atoms with Crippen LogP contribution in [-0.2, 0) is 0 Å². The third-order valence-corrected chi connectivity index (χ3v) is 3.41. The molecule has 4 atom stereocenters. The molecule has 0 aromatic rings. The number of hydrogen-bond acceptors (Lipinski definition) is 0. The van der Waals surface area contributed by atoms with Gasteiger partial charge < -0.3 is 0 Å². The number of rotatable bonds is 0. The molecule has 3 aliphatic carbocycles. The average Bonchev–Trinajstić information content (AvgIpc) is 2.59. The second kappa shape index (κ2) is 0.984. The topological polar surface area (TPSA) is 0 Å². The molecule has 0 heteroatoms. The molecule has 3 aliphatic rings. The Morgan fingerprint density at radius 2 is 1.25 bits per heavy atom. The van der Waals surface area contributed by atoms with Crippen LogP contribution in [0.3, 0.4) is 0 Å². The predicted molar refractivity (Wildman–Crippen MR) is 32.4 cm³/mol. The summed E-state index contributed by atoms with van der Waals surface area (Å²) in [5.41, 5.74) is 0.